The Morgan fingerprint density at radius 2 is 2.26 bits per heavy atom. The Balaban J connectivity index is 2.66. The summed E-state index contributed by atoms with van der Waals surface area (Å²) in [4.78, 5) is 0.908. The third-order valence-electron chi connectivity index (χ3n) is 2.36. The number of rotatable bonds is 6. The second-order valence-corrected chi connectivity index (χ2v) is 7.02. The molecule has 1 rings (SSSR count). The summed E-state index contributed by atoms with van der Waals surface area (Å²) in [7, 11) is -0.271. The second-order valence-electron chi connectivity index (χ2n) is 3.83. The van der Waals surface area contributed by atoms with Crippen molar-refractivity contribution in [3.63, 3.8) is 0 Å². The lowest BCUT2D eigenvalue weighted by atomic mass is 10.3. The lowest BCUT2D eigenvalue weighted by Crippen LogP contribution is -2.30. The molecule has 0 aliphatic heterocycles. The molecule has 1 aromatic heterocycles. The van der Waals surface area contributed by atoms with Gasteiger partial charge >= 0.3 is 0 Å². The maximum Gasteiger partial charge on any atom is 0.216 e. The van der Waals surface area contributed by atoms with Crippen molar-refractivity contribution in [1.29, 1.82) is 0 Å². The van der Waals surface area contributed by atoms with Gasteiger partial charge in [-0.15, -0.1) is 11.3 Å². The van der Waals surface area contributed by atoms with Gasteiger partial charge in [-0.25, -0.2) is 8.42 Å². The molecular weight excluding hydrogens is 286 g/mol. The fraction of sp³-hybridized carbons (Fsp3) is 0.500. The third kappa shape index (κ3) is 5.30. The summed E-state index contributed by atoms with van der Waals surface area (Å²) in [5, 5.41) is 10.4. The quantitative estimate of drug-likeness (QED) is 0.777. The third-order valence-corrected chi connectivity index (χ3v) is 5.05. The van der Waals surface area contributed by atoms with E-state index in [-0.39, 0.29) is 19.0 Å². The molecule has 0 amide bonds. The van der Waals surface area contributed by atoms with Gasteiger partial charge in [0.15, 0.2) is 0 Å². The van der Waals surface area contributed by atoms with Crippen LogP contribution < -0.4 is 0 Å². The number of ether oxygens (including phenoxy) is 1. The van der Waals surface area contributed by atoms with Crippen LogP contribution in [-0.2, 0) is 21.3 Å². The monoisotopic (exact) mass is 303 g/mol. The van der Waals surface area contributed by atoms with Gasteiger partial charge in [0.25, 0.3) is 0 Å². The molecule has 106 valence electrons. The van der Waals surface area contributed by atoms with Gasteiger partial charge in [-0.05, 0) is 6.07 Å². The number of sulfonamides is 1. The molecule has 0 radical (unpaired) electrons. The van der Waals surface area contributed by atoms with Crippen molar-refractivity contribution in [1.82, 2.24) is 4.31 Å². The van der Waals surface area contributed by atoms with Gasteiger partial charge in [0.05, 0.1) is 12.4 Å². The maximum atomic E-state index is 11.9. The molecule has 0 aliphatic rings. The van der Waals surface area contributed by atoms with Gasteiger partial charge in [0, 0.05) is 36.5 Å². The molecule has 1 N–H and O–H groups in total. The molecule has 1 heterocycles. The van der Waals surface area contributed by atoms with E-state index in [0.29, 0.717) is 6.54 Å². The Labute approximate surface area is 117 Å². The summed E-state index contributed by atoms with van der Waals surface area (Å²) in [5.41, 5.74) is 0.789. The van der Waals surface area contributed by atoms with Gasteiger partial charge in [0.2, 0.25) is 10.0 Å². The van der Waals surface area contributed by atoms with Crippen LogP contribution in [0.15, 0.2) is 11.4 Å². The Morgan fingerprint density at radius 1 is 1.53 bits per heavy atom. The Kier molecular flexibility index (Phi) is 6.48. The van der Waals surface area contributed by atoms with Crippen LogP contribution in [0.3, 0.4) is 0 Å². The molecule has 0 bridgehead atoms. The highest BCUT2D eigenvalue weighted by molar-refractivity contribution is 7.89. The molecule has 0 aliphatic carbocycles. The van der Waals surface area contributed by atoms with E-state index in [2.05, 4.69) is 11.8 Å². The normalized spacial score (nSPS) is 11.4. The minimum atomic E-state index is -3.29. The summed E-state index contributed by atoms with van der Waals surface area (Å²) >= 11 is 1.45. The Hall–Kier alpha value is -0.910. The van der Waals surface area contributed by atoms with E-state index in [1.807, 2.05) is 11.4 Å². The van der Waals surface area contributed by atoms with Crippen LogP contribution in [0.5, 0.6) is 0 Å². The molecule has 19 heavy (non-hydrogen) atoms. The molecular formula is C12H17NO4S2. The number of aliphatic hydroxyl groups is 1. The van der Waals surface area contributed by atoms with E-state index in [9.17, 15) is 8.42 Å². The lowest BCUT2D eigenvalue weighted by molar-refractivity contribution is 0.215. The fourth-order valence-corrected chi connectivity index (χ4v) is 3.31. The number of nitrogens with zero attached hydrogens (tertiary/aromatic N) is 1. The van der Waals surface area contributed by atoms with Crippen molar-refractivity contribution in [3.05, 3.63) is 21.9 Å². The number of hydrogen-bond acceptors (Lipinski definition) is 5. The van der Waals surface area contributed by atoms with Crippen molar-refractivity contribution in [2.24, 2.45) is 0 Å². The van der Waals surface area contributed by atoms with E-state index in [1.165, 1.54) is 22.8 Å². The van der Waals surface area contributed by atoms with E-state index < -0.39 is 10.0 Å². The first-order valence-electron chi connectivity index (χ1n) is 5.59. The maximum absolute atomic E-state index is 11.9. The first-order chi connectivity index (χ1) is 8.99. The molecule has 1 aromatic rings. The van der Waals surface area contributed by atoms with Crippen LogP contribution in [0.1, 0.15) is 10.4 Å². The lowest BCUT2D eigenvalue weighted by Gasteiger charge is -2.15. The van der Waals surface area contributed by atoms with Crippen LogP contribution in [-0.4, -0.2) is 51.0 Å². The minimum absolute atomic E-state index is 0.0252. The zero-order chi connectivity index (χ0) is 14.3. The predicted molar refractivity (Wildman–Crippen MR) is 75.4 cm³/mol. The van der Waals surface area contributed by atoms with Gasteiger partial charge in [-0.2, -0.15) is 4.31 Å². The molecule has 0 saturated carbocycles. The van der Waals surface area contributed by atoms with Crippen LogP contribution in [0, 0.1) is 11.8 Å². The van der Waals surface area contributed by atoms with E-state index in [4.69, 9.17) is 9.84 Å². The first kappa shape index (κ1) is 16.1. The van der Waals surface area contributed by atoms with E-state index in [1.54, 1.807) is 7.05 Å². The SMILES string of the molecule is COCCS(=O)(=O)N(C)Cc1cc(C#CCO)cs1. The summed E-state index contributed by atoms with van der Waals surface area (Å²) in [6.07, 6.45) is 0. The van der Waals surface area contributed by atoms with Crippen LogP contribution >= 0.6 is 11.3 Å². The van der Waals surface area contributed by atoms with Gasteiger partial charge in [-0.1, -0.05) is 11.8 Å². The van der Waals surface area contributed by atoms with Crippen molar-refractivity contribution in [2.45, 2.75) is 6.54 Å². The number of hydrogen-bond donors (Lipinski definition) is 1. The number of aliphatic hydroxyl groups excluding tert-OH is 1. The minimum Gasteiger partial charge on any atom is -0.384 e. The largest absolute Gasteiger partial charge is 0.384 e. The highest BCUT2D eigenvalue weighted by Gasteiger charge is 2.18. The summed E-state index contributed by atoms with van der Waals surface area (Å²) in [6, 6.07) is 1.83. The van der Waals surface area contributed by atoms with Crippen LogP contribution in [0.4, 0.5) is 0 Å². The molecule has 0 aromatic carbocycles. The highest BCUT2D eigenvalue weighted by Crippen LogP contribution is 2.17. The fourth-order valence-electron chi connectivity index (χ4n) is 1.33. The Bertz CT molecular complexity index is 554. The van der Waals surface area contributed by atoms with E-state index in [0.717, 1.165) is 10.4 Å². The Morgan fingerprint density at radius 3 is 2.89 bits per heavy atom. The van der Waals surface area contributed by atoms with Gasteiger partial charge in [0.1, 0.15) is 6.61 Å². The van der Waals surface area contributed by atoms with Crippen LogP contribution in [0.25, 0.3) is 0 Å². The zero-order valence-corrected chi connectivity index (χ0v) is 12.6. The average molecular weight is 303 g/mol. The molecule has 0 saturated heterocycles. The van der Waals surface area contributed by atoms with Crippen molar-refractivity contribution in [2.75, 3.05) is 33.1 Å². The van der Waals surface area contributed by atoms with E-state index >= 15 is 0 Å². The van der Waals surface area contributed by atoms with Gasteiger partial charge < -0.3 is 9.84 Å². The van der Waals surface area contributed by atoms with Crippen molar-refractivity contribution < 1.29 is 18.3 Å². The smallest absolute Gasteiger partial charge is 0.216 e. The topological polar surface area (TPSA) is 66.8 Å². The highest BCUT2D eigenvalue weighted by atomic mass is 32.2. The average Bonchev–Trinajstić information content (AvgIpc) is 2.81. The standard InChI is InChI=1S/C12H17NO4S2/c1-13(19(15,16)7-6-17-2)9-12-8-11(10-18-12)4-3-5-14/h8,10,14H,5-7,9H2,1-2H3. The van der Waals surface area contributed by atoms with Gasteiger partial charge in [-0.3, -0.25) is 0 Å². The molecule has 0 spiro atoms. The summed E-state index contributed by atoms with van der Waals surface area (Å²) in [6.45, 7) is 0.318. The predicted octanol–water partition coefficient (Wildman–Crippen LogP) is 0.500. The molecule has 0 unspecified atom stereocenters. The molecule has 7 heteroatoms. The molecule has 0 atom stereocenters. The molecule has 0 fully saturated rings. The summed E-state index contributed by atoms with van der Waals surface area (Å²) in [5.74, 6) is 5.31. The molecule has 5 nitrogen and oxygen atoms in total. The first-order valence-corrected chi connectivity index (χ1v) is 8.08. The summed E-state index contributed by atoms with van der Waals surface area (Å²) < 4.78 is 29.8. The second kappa shape index (κ2) is 7.62. The van der Waals surface area contributed by atoms with Crippen LogP contribution in [0.2, 0.25) is 0 Å². The zero-order valence-electron chi connectivity index (χ0n) is 10.9. The van der Waals surface area contributed by atoms with Crippen molar-refractivity contribution >= 4 is 21.4 Å². The van der Waals surface area contributed by atoms with Crippen molar-refractivity contribution in [3.8, 4) is 11.8 Å². The number of thiophene rings is 1. The number of methoxy groups -OCH3 is 1.